The quantitative estimate of drug-likeness (QED) is 0.423. The normalized spacial score (nSPS) is 12.0. The lowest BCUT2D eigenvalue weighted by Crippen LogP contribution is -2.41. The fourth-order valence-electron chi connectivity index (χ4n) is 3.38. The summed E-state index contributed by atoms with van der Waals surface area (Å²) in [5.41, 5.74) is 0.814. The Morgan fingerprint density at radius 3 is 2.32 bits per heavy atom. The smallest absolute Gasteiger partial charge is 0.264 e. The van der Waals surface area contributed by atoms with Gasteiger partial charge in [0.05, 0.1) is 35.9 Å². The Bertz CT molecular complexity index is 1270. The number of amides is 1. The summed E-state index contributed by atoms with van der Waals surface area (Å²) < 4.78 is 38.6. The summed E-state index contributed by atoms with van der Waals surface area (Å²) >= 11 is 12.3. The summed E-state index contributed by atoms with van der Waals surface area (Å²) in [6.45, 7) is 1.26. The van der Waals surface area contributed by atoms with E-state index in [0.29, 0.717) is 22.1 Å². The van der Waals surface area contributed by atoms with Gasteiger partial charge in [0.25, 0.3) is 10.0 Å². The number of anilines is 1. The molecule has 0 saturated carbocycles. The van der Waals surface area contributed by atoms with E-state index in [1.807, 2.05) is 0 Å². The topological polar surface area (TPSA) is 84.9 Å². The number of sulfonamides is 1. The molecule has 10 heteroatoms. The minimum Gasteiger partial charge on any atom is -0.497 e. The minimum atomic E-state index is -4.11. The fraction of sp³-hybridized carbons (Fsp3) is 0.208. The van der Waals surface area contributed by atoms with Gasteiger partial charge in [-0.1, -0.05) is 41.4 Å². The lowest BCUT2D eigenvalue weighted by atomic mass is 10.1. The van der Waals surface area contributed by atoms with Crippen molar-refractivity contribution in [1.29, 1.82) is 0 Å². The summed E-state index contributed by atoms with van der Waals surface area (Å²) in [7, 11) is -1.05. The molecule has 0 aliphatic rings. The number of benzene rings is 3. The molecule has 0 aromatic heterocycles. The second-order valence-electron chi connectivity index (χ2n) is 7.32. The van der Waals surface area contributed by atoms with E-state index in [0.717, 1.165) is 4.31 Å². The van der Waals surface area contributed by atoms with Crippen LogP contribution in [-0.4, -0.2) is 35.1 Å². The first-order valence-corrected chi connectivity index (χ1v) is 12.4. The van der Waals surface area contributed by atoms with Crippen LogP contribution in [0.2, 0.25) is 10.0 Å². The number of rotatable bonds is 9. The Balaban J connectivity index is 1.93. The van der Waals surface area contributed by atoms with Crippen LogP contribution < -0.4 is 19.1 Å². The van der Waals surface area contributed by atoms with E-state index in [-0.39, 0.29) is 15.6 Å². The summed E-state index contributed by atoms with van der Waals surface area (Å²) in [4.78, 5) is 13.1. The molecule has 0 spiro atoms. The fourth-order valence-corrected chi connectivity index (χ4v) is 5.40. The molecule has 0 fully saturated rings. The molecule has 0 bridgehead atoms. The number of nitrogens with zero attached hydrogens (tertiary/aromatic N) is 1. The molecule has 1 unspecified atom stereocenters. The molecule has 3 rings (SSSR count). The van der Waals surface area contributed by atoms with Gasteiger partial charge in [-0.2, -0.15) is 0 Å². The van der Waals surface area contributed by atoms with Gasteiger partial charge < -0.3 is 14.8 Å². The highest BCUT2D eigenvalue weighted by Crippen LogP contribution is 2.33. The lowest BCUT2D eigenvalue weighted by molar-refractivity contribution is -0.120. The van der Waals surface area contributed by atoms with Gasteiger partial charge in [-0.15, -0.1) is 0 Å². The van der Waals surface area contributed by atoms with Crippen molar-refractivity contribution in [2.24, 2.45) is 0 Å². The van der Waals surface area contributed by atoms with Gasteiger partial charge in [-0.25, -0.2) is 8.42 Å². The Morgan fingerprint density at radius 2 is 1.71 bits per heavy atom. The number of carbonyl (C=O) groups is 1. The third-order valence-corrected chi connectivity index (χ3v) is 7.39. The van der Waals surface area contributed by atoms with E-state index in [4.69, 9.17) is 32.7 Å². The molecular weight excluding hydrogens is 499 g/mol. The third-order valence-electron chi connectivity index (χ3n) is 5.08. The van der Waals surface area contributed by atoms with Gasteiger partial charge in [0.2, 0.25) is 5.91 Å². The highest BCUT2D eigenvalue weighted by atomic mass is 35.5. The van der Waals surface area contributed by atoms with Crippen LogP contribution >= 0.6 is 23.2 Å². The summed E-state index contributed by atoms with van der Waals surface area (Å²) in [5.74, 6) is 0.615. The molecule has 0 radical (unpaired) electrons. The molecule has 3 aromatic carbocycles. The highest BCUT2D eigenvalue weighted by Gasteiger charge is 2.29. The van der Waals surface area contributed by atoms with Crippen LogP contribution in [0.1, 0.15) is 18.5 Å². The first kappa shape index (κ1) is 25.7. The number of hydrogen-bond donors (Lipinski definition) is 1. The SMILES string of the molecule is COc1ccc(OC)c(C(C)NC(=O)CN(c2ccc(Cl)cc2Cl)S(=O)(=O)c2ccccc2)c1. The zero-order valence-electron chi connectivity index (χ0n) is 18.8. The average Bonchev–Trinajstić information content (AvgIpc) is 2.83. The predicted molar refractivity (Wildman–Crippen MR) is 134 cm³/mol. The maximum atomic E-state index is 13.5. The van der Waals surface area contributed by atoms with E-state index in [1.165, 1.54) is 44.6 Å². The van der Waals surface area contributed by atoms with E-state index < -0.39 is 28.5 Å². The second kappa shape index (κ2) is 11.0. The van der Waals surface area contributed by atoms with Crippen molar-refractivity contribution in [3.8, 4) is 11.5 Å². The number of nitrogens with one attached hydrogen (secondary N) is 1. The number of methoxy groups -OCH3 is 2. The molecule has 1 N–H and O–H groups in total. The molecule has 0 saturated heterocycles. The lowest BCUT2D eigenvalue weighted by Gasteiger charge is -2.26. The van der Waals surface area contributed by atoms with Gasteiger partial charge in [0, 0.05) is 10.6 Å². The van der Waals surface area contributed by atoms with Gasteiger partial charge in [0.15, 0.2) is 0 Å². The number of carbonyl (C=O) groups excluding carboxylic acids is 1. The van der Waals surface area contributed by atoms with Gasteiger partial charge >= 0.3 is 0 Å². The average molecular weight is 523 g/mol. The second-order valence-corrected chi connectivity index (χ2v) is 10.0. The summed E-state index contributed by atoms with van der Waals surface area (Å²) in [6.07, 6.45) is 0. The van der Waals surface area contributed by atoms with Crippen LogP contribution in [0.15, 0.2) is 71.6 Å². The zero-order valence-corrected chi connectivity index (χ0v) is 21.1. The van der Waals surface area contributed by atoms with Crippen molar-refractivity contribution in [3.63, 3.8) is 0 Å². The van der Waals surface area contributed by atoms with Crippen molar-refractivity contribution in [2.45, 2.75) is 17.9 Å². The molecule has 0 heterocycles. The van der Waals surface area contributed by atoms with E-state index in [2.05, 4.69) is 5.32 Å². The Morgan fingerprint density at radius 1 is 1.00 bits per heavy atom. The Hall–Kier alpha value is -2.94. The number of hydrogen-bond acceptors (Lipinski definition) is 5. The molecular formula is C24H24Cl2N2O5S. The van der Waals surface area contributed by atoms with Crippen LogP contribution in [-0.2, 0) is 14.8 Å². The van der Waals surface area contributed by atoms with Gasteiger partial charge in [0.1, 0.15) is 18.0 Å². The van der Waals surface area contributed by atoms with Crippen LogP contribution in [0.4, 0.5) is 5.69 Å². The van der Waals surface area contributed by atoms with Crippen LogP contribution in [0.5, 0.6) is 11.5 Å². The van der Waals surface area contributed by atoms with Gasteiger partial charge in [-0.05, 0) is 55.5 Å². The van der Waals surface area contributed by atoms with Gasteiger partial charge in [-0.3, -0.25) is 9.10 Å². The molecule has 3 aromatic rings. The van der Waals surface area contributed by atoms with Crippen molar-refractivity contribution >= 4 is 44.8 Å². The molecule has 1 atom stereocenters. The first-order chi connectivity index (χ1) is 16.2. The first-order valence-electron chi connectivity index (χ1n) is 10.2. The Kier molecular flexibility index (Phi) is 8.30. The van der Waals surface area contributed by atoms with Crippen LogP contribution in [0.3, 0.4) is 0 Å². The molecule has 0 aliphatic heterocycles. The standard InChI is InChI=1S/C24H24Cl2N2O5S/c1-16(20-14-18(32-2)10-12-23(20)33-3)27-24(29)15-28(22-11-9-17(25)13-21(22)26)34(30,31)19-7-5-4-6-8-19/h4-14,16H,15H2,1-3H3,(H,27,29). The highest BCUT2D eigenvalue weighted by molar-refractivity contribution is 7.92. The van der Waals surface area contributed by atoms with Crippen molar-refractivity contribution in [1.82, 2.24) is 5.32 Å². The van der Waals surface area contributed by atoms with E-state index >= 15 is 0 Å². The summed E-state index contributed by atoms with van der Waals surface area (Å²) in [6, 6.07) is 16.9. The molecule has 0 aliphatic carbocycles. The largest absolute Gasteiger partial charge is 0.497 e. The van der Waals surface area contributed by atoms with Crippen molar-refractivity contribution in [3.05, 3.63) is 82.3 Å². The van der Waals surface area contributed by atoms with E-state index in [1.54, 1.807) is 43.3 Å². The Labute approximate surface area is 209 Å². The van der Waals surface area contributed by atoms with Crippen molar-refractivity contribution < 1.29 is 22.7 Å². The van der Waals surface area contributed by atoms with E-state index in [9.17, 15) is 13.2 Å². The van der Waals surface area contributed by atoms with Crippen LogP contribution in [0, 0.1) is 0 Å². The summed E-state index contributed by atoms with van der Waals surface area (Å²) in [5, 5.41) is 3.27. The molecule has 34 heavy (non-hydrogen) atoms. The minimum absolute atomic E-state index is 0.0244. The zero-order chi connectivity index (χ0) is 24.9. The van der Waals surface area contributed by atoms with Crippen LogP contribution in [0.25, 0.3) is 0 Å². The number of halogens is 2. The molecule has 1 amide bonds. The molecule has 7 nitrogen and oxygen atoms in total. The maximum absolute atomic E-state index is 13.5. The maximum Gasteiger partial charge on any atom is 0.264 e. The predicted octanol–water partition coefficient (Wildman–Crippen LogP) is 5.08. The third kappa shape index (κ3) is 5.75. The van der Waals surface area contributed by atoms with Crippen molar-refractivity contribution in [2.75, 3.05) is 25.1 Å². The molecule has 180 valence electrons. The monoisotopic (exact) mass is 522 g/mol. The number of ether oxygens (including phenoxy) is 2.